The normalized spacial score (nSPS) is 12.5. The van der Waals surface area contributed by atoms with Gasteiger partial charge in [-0.05, 0) is 66.4 Å². The first-order valence-electron chi connectivity index (χ1n) is 10.6. The van der Waals surface area contributed by atoms with E-state index in [4.69, 9.17) is 14.2 Å². The number of methoxy groups -OCH3 is 1. The summed E-state index contributed by atoms with van der Waals surface area (Å²) in [4.78, 5) is 3.53. The molecule has 0 radical (unpaired) electrons. The summed E-state index contributed by atoms with van der Waals surface area (Å²) in [6.45, 7) is 4.01. The van der Waals surface area contributed by atoms with Crippen LogP contribution >= 0.6 is 0 Å². The van der Waals surface area contributed by atoms with Crippen molar-refractivity contribution in [2.45, 2.75) is 19.9 Å². The topological polar surface area (TPSA) is 55.5 Å². The van der Waals surface area contributed by atoms with Gasteiger partial charge in [-0.25, -0.2) is 0 Å². The van der Waals surface area contributed by atoms with E-state index < -0.39 is 0 Å². The molecule has 4 aromatic rings. The molecule has 0 saturated carbocycles. The highest BCUT2D eigenvalue weighted by Crippen LogP contribution is 2.41. The van der Waals surface area contributed by atoms with Crippen LogP contribution in [0.1, 0.15) is 16.8 Å². The van der Waals surface area contributed by atoms with Crippen molar-refractivity contribution in [3.63, 3.8) is 0 Å². The number of hydrogen-bond donors (Lipinski definition) is 2. The average Bonchev–Trinajstić information content (AvgIpc) is 3.40. The second-order valence-corrected chi connectivity index (χ2v) is 7.81. The number of ether oxygens (including phenoxy) is 3. The van der Waals surface area contributed by atoms with E-state index in [1.165, 1.54) is 33.3 Å². The van der Waals surface area contributed by atoms with Crippen molar-refractivity contribution in [3.05, 3.63) is 77.5 Å². The zero-order valence-electron chi connectivity index (χ0n) is 17.8. The van der Waals surface area contributed by atoms with Crippen LogP contribution in [0, 0.1) is 6.92 Å². The molecular formula is C26H26N2O3. The molecule has 2 heterocycles. The lowest BCUT2D eigenvalue weighted by Crippen LogP contribution is -2.17. The number of rotatable bonds is 7. The van der Waals surface area contributed by atoms with Gasteiger partial charge in [-0.1, -0.05) is 36.4 Å². The van der Waals surface area contributed by atoms with Crippen LogP contribution in [0.5, 0.6) is 17.2 Å². The van der Waals surface area contributed by atoms with Crippen LogP contribution in [-0.2, 0) is 13.0 Å². The largest absolute Gasteiger partial charge is 0.493 e. The molecule has 1 aromatic heterocycles. The molecule has 0 unspecified atom stereocenters. The monoisotopic (exact) mass is 414 g/mol. The number of hydrogen-bond acceptors (Lipinski definition) is 4. The molecule has 5 rings (SSSR count). The van der Waals surface area contributed by atoms with Gasteiger partial charge in [-0.3, -0.25) is 0 Å². The van der Waals surface area contributed by atoms with Crippen LogP contribution in [0.3, 0.4) is 0 Å². The molecule has 0 fully saturated rings. The SMILES string of the molecule is COc1cc(CNCCc2c(C)[nH]c3ccc(-c4ccccc4)cc23)cc2c1OCO2. The van der Waals surface area contributed by atoms with Crippen molar-refractivity contribution < 1.29 is 14.2 Å². The Bertz CT molecular complexity index is 1210. The summed E-state index contributed by atoms with van der Waals surface area (Å²) < 4.78 is 16.4. The smallest absolute Gasteiger partial charge is 0.231 e. The third-order valence-corrected chi connectivity index (χ3v) is 5.83. The van der Waals surface area contributed by atoms with E-state index in [1.807, 2.05) is 12.1 Å². The maximum absolute atomic E-state index is 5.52. The third kappa shape index (κ3) is 3.84. The molecule has 31 heavy (non-hydrogen) atoms. The second-order valence-electron chi connectivity index (χ2n) is 7.81. The number of benzene rings is 3. The quantitative estimate of drug-likeness (QED) is 0.408. The van der Waals surface area contributed by atoms with Crippen LogP contribution in [0.4, 0.5) is 0 Å². The zero-order chi connectivity index (χ0) is 21.2. The van der Waals surface area contributed by atoms with Crippen LogP contribution in [0.25, 0.3) is 22.0 Å². The Labute approximate surface area is 182 Å². The fourth-order valence-corrected chi connectivity index (χ4v) is 4.25. The van der Waals surface area contributed by atoms with Crippen molar-refractivity contribution in [1.29, 1.82) is 0 Å². The Morgan fingerprint density at radius 3 is 2.71 bits per heavy atom. The van der Waals surface area contributed by atoms with Gasteiger partial charge >= 0.3 is 0 Å². The van der Waals surface area contributed by atoms with Crippen LogP contribution < -0.4 is 19.5 Å². The number of nitrogens with one attached hydrogen (secondary N) is 2. The summed E-state index contributed by atoms with van der Waals surface area (Å²) >= 11 is 0. The fraction of sp³-hybridized carbons (Fsp3) is 0.231. The number of aromatic amines is 1. The second kappa shape index (κ2) is 8.36. The molecule has 5 heteroatoms. The van der Waals surface area contributed by atoms with Crippen molar-refractivity contribution in [2.24, 2.45) is 0 Å². The van der Waals surface area contributed by atoms with Gasteiger partial charge in [0.2, 0.25) is 12.5 Å². The van der Waals surface area contributed by atoms with E-state index in [2.05, 4.69) is 65.8 Å². The Morgan fingerprint density at radius 2 is 1.87 bits per heavy atom. The van der Waals surface area contributed by atoms with E-state index >= 15 is 0 Å². The van der Waals surface area contributed by atoms with E-state index in [-0.39, 0.29) is 6.79 Å². The van der Waals surface area contributed by atoms with Crippen LogP contribution in [-0.4, -0.2) is 25.4 Å². The van der Waals surface area contributed by atoms with E-state index in [0.29, 0.717) is 11.5 Å². The molecule has 1 aliphatic rings. The predicted molar refractivity (Wildman–Crippen MR) is 123 cm³/mol. The van der Waals surface area contributed by atoms with Crippen molar-refractivity contribution in [3.8, 4) is 28.4 Å². The number of H-pyrrole nitrogens is 1. The summed E-state index contributed by atoms with van der Waals surface area (Å²) in [5, 5.41) is 4.85. The lowest BCUT2D eigenvalue weighted by atomic mass is 10.0. The maximum Gasteiger partial charge on any atom is 0.231 e. The Balaban J connectivity index is 1.29. The number of fused-ring (bicyclic) bond motifs is 2. The minimum Gasteiger partial charge on any atom is -0.493 e. The Morgan fingerprint density at radius 1 is 1.00 bits per heavy atom. The van der Waals surface area contributed by atoms with Crippen LogP contribution in [0.15, 0.2) is 60.7 Å². The lowest BCUT2D eigenvalue weighted by molar-refractivity contribution is 0.171. The third-order valence-electron chi connectivity index (χ3n) is 5.83. The van der Waals surface area contributed by atoms with E-state index in [1.54, 1.807) is 7.11 Å². The molecule has 0 amide bonds. The van der Waals surface area contributed by atoms with Gasteiger partial charge in [0.1, 0.15) is 0 Å². The minimum absolute atomic E-state index is 0.243. The minimum atomic E-state index is 0.243. The first kappa shape index (κ1) is 19.5. The summed E-state index contributed by atoms with van der Waals surface area (Å²) in [6.07, 6.45) is 0.950. The average molecular weight is 415 g/mol. The zero-order valence-corrected chi connectivity index (χ0v) is 17.8. The highest BCUT2D eigenvalue weighted by Gasteiger charge is 2.20. The van der Waals surface area contributed by atoms with Crippen LogP contribution in [0.2, 0.25) is 0 Å². The summed E-state index contributed by atoms with van der Waals surface area (Å²) in [5.74, 6) is 2.15. The highest BCUT2D eigenvalue weighted by molar-refractivity contribution is 5.89. The van der Waals surface area contributed by atoms with Gasteiger partial charge < -0.3 is 24.5 Å². The fourth-order valence-electron chi connectivity index (χ4n) is 4.25. The van der Waals surface area contributed by atoms with Crippen molar-refractivity contribution in [1.82, 2.24) is 10.3 Å². The molecule has 0 bridgehead atoms. The van der Waals surface area contributed by atoms with Gasteiger partial charge in [0, 0.05) is 23.1 Å². The molecule has 5 nitrogen and oxygen atoms in total. The van der Waals surface area contributed by atoms with Gasteiger partial charge in [0.05, 0.1) is 7.11 Å². The van der Waals surface area contributed by atoms with Crippen molar-refractivity contribution in [2.75, 3.05) is 20.4 Å². The van der Waals surface area contributed by atoms with Gasteiger partial charge in [0.15, 0.2) is 11.5 Å². The summed E-state index contributed by atoms with van der Waals surface area (Å²) in [6, 6.07) is 21.2. The van der Waals surface area contributed by atoms with E-state index in [0.717, 1.165) is 30.8 Å². The maximum atomic E-state index is 5.52. The first-order valence-corrected chi connectivity index (χ1v) is 10.6. The standard InChI is InChI=1S/C26H26N2O3/c1-17-21(22-14-20(8-9-23(22)28-17)19-6-4-3-5-7-19)10-11-27-15-18-12-24(29-2)26-25(13-18)30-16-31-26/h3-9,12-14,27-28H,10-11,15-16H2,1-2H3. The van der Waals surface area contributed by atoms with E-state index in [9.17, 15) is 0 Å². The van der Waals surface area contributed by atoms with Gasteiger partial charge in [-0.15, -0.1) is 0 Å². The molecule has 1 aliphatic heterocycles. The first-order chi connectivity index (χ1) is 15.2. The Kier molecular flexibility index (Phi) is 5.26. The molecule has 0 spiro atoms. The lowest BCUT2D eigenvalue weighted by Gasteiger charge is -2.10. The molecule has 2 N–H and O–H groups in total. The molecule has 0 atom stereocenters. The molecule has 0 aliphatic carbocycles. The van der Waals surface area contributed by atoms with Crippen molar-refractivity contribution >= 4 is 10.9 Å². The molecule has 158 valence electrons. The van der Waals surface area contributed by atoms with Gasteiger partial charge in [-0.2, -0.15) is 0 Å². The molecule has 0 saturated heterocycles. The predicted octanol–water partition coefficient (Wildman–Crippen LogP) is 5.21. The van der Waals surface area contributed by atoms with Gasteiger partial charge in [0.25, 0.3) is 0 Å². The molecular weight excluding hydrogens is 388 g/mol. The Hall–Kier alpha value is -3.44. The summed E-state index contributed by atoms with van der Waals surface area (Å²) in [5.41, 5.74) is 7.38. The number of aryl methyl sites for hydroxylation is 1. The highest BCUT2D eigenvalue weighted by atomic mass is 16.7. The molecule has 3 aromatic carbocycles. The summed E-state index contributed by atoms with van der Waals surface area (Å²) in [7, 11) is 1.65. The number of aromatic nitrogens is 1.